The highest BCUT2D eigenvalue weighted by molar-refractivity contribution is 7.88. The van der Waals surface area contributed by atoms with Crippen molar-refractivity contribution in [1.29, 1.82) is 0 Å². The molecule has 1 unspecified atom stereocenters. The fourth-order valence-corrected chi connectivity index (χ4v) is 3.03. The van der Waals surface area contributed by atoms with Crippen LogP contribution in [-0.4, -0.2) is 39.5 Å². The first-order valence-corrected chi connectivity index (χ1v) is 7.27. The molecular weight excluding hydrogens is 252 g/mol. The number of rotatable bonds is 6. The smallest absolute Gasteiger partial charge is 0.218 e. The van der Waals surface area contributed by atoms with E-state index in [0.29, 0.717) is 17.9 Å². The Morgan fingerprint density at radius 2 is 2.11 bits per heavy atom. The van der Waals surface area contributed by atoms with E-state index in [9.17, 15) is 8.42 Å². The summed E-state index contributed by atoms with van der Waals surface area (Å²) in [6, 6.07) is 6.71. The van der Waals surface area contributed by atoms with Crippen molar-refractivity contribution in [3.05, 3.63) is 29.8 Å². The molecule has 1 aromatic carbocycles. The Balaban J connectivity index is 2.81. The second kappa shape index (κ2) is 6.17. The van der Waals surface area contributed by atoms with Crippen molar-refractivity contribution in [3.8, 4) is 0 Å². The largest absolute Gasteiger partial charge is 0.399 e. The first-order chi connectivity index (χ1) is 8.36. The molecule has 0 amide bonds. The molecule has 0 bridgehead atoms. The summed E-state index contributed by atoms with van der Waals surface area (Å²) in [6.07, 6.45) is 0. The van der Waals surface area contributed by atoms with Crippen molar-refractivity contribution >= 4 is 15.7 Å². The van der Waals surface area contributed by atoms with Gasteiger partial charge in [0.05, 0.1) is 12.4 Å². The molecule has 0 radical (unpaired) electrons. The number of benzene rings is 1. The van der Waals surface area contributed by atoms with Crippen LogP contribution in [0.5, 0.6) is 0 Å². The summed E-state index contributed by atoms with van der Waals surface area (Å²) in [5.74, 6) is -0.0530. The molecule has 0 aromatic heterocycles. The number of nitrogens with zero attached hydrogens (tertiary/aromatic N) is 1. The van der Waals surface area contributed by atoms with Crippen LogP contribution in [0.1, 0.15) is 12.5 Å². The summed E-state index contributed by atoms with van der Waals surface area (Å²) >= 11 is 0. The van der Waals surface area contributed by atoms with Gasteiger partial charge in [-0.15, -0.1) is 0 Å². The molecule has 5 nitrogen and oxygen atoms in total. The van der Waals surface area contributed by atoms with Gasteiger partial charge in [0.25, 0.3) is 0 Å². The van der Waals surface area contributed by atoms with Gasteiger partial charge in [-0.1, -0.05) is 12.1 Å². The topological polar surface area (TPSA) is 72.6 Å². The minimum absolute atomic E-state index is 0.0530. The van der Waals surface area contributed by atoms with Gasteiger partial charge in [-0.05, 0) is 24.6 Å². The molecule has 1 rings (SSSR count). The number of hydrogen-bond acceptors (Lipinski definition) is 4. The van der Waals surface area contributed by atoms with E-state index in [4.69, 9.17) is 10.5 Å². The summed E-state index contributed by atoms with van der Waals surface area (Å²) in [6.45, 7) is 2.17. The molecule has 0 saturated carbocycles. The van der Waals surface area contributed by atoms with Crippen LogP contribution in [0, 0.1) is 0 Å². The molecule has 0 heterocycles. The number of nitrogens with two attached hydrogens (primary N) is 1. The quantitative estimate of drug-likeness (QED) is 0.786. The van der Waals surface area contributed by atoms with Crippen molar-refractivity contribution < 1.29 is 13.2 Å². The third-order valence-corrected chi connectivity index (χ3v) is 4.70. The van der Waals surface area contributed by atoms with Crippen LogP contribution >= 0.6 is 0 Å². The van der Waals surface area contributed by atoms with Crippen LogP contribution in [0.4, 0.5) is 5.69 Å². The van der Waals surface area contributed by atoms with E-state index in [1.54, 1.807) is 45.3 Å². The number of ether oxygens (including phenoxy) is 1. The van der Waals surface area contributed by atoms with Crippen LogP contribution in [0.2, 0.25) is 0 Å². The van der Waals surface area contributed by atoms with Crippen LogP contribution < -0.4 is 5.73 Å². The molecule has 0 aliphatic carbocycles. The van der Waals surface area contributed by atoms with Crippen molar-refractivity contribution in [3.63, 3.8) is 0 Å². The van der Waals surface area contributed by atoms with Gasteiger partial charge in [-0.2, -0.15) is 4.31 Å². The zero-order chi connectivity index (χ0) is 13.8. The lowest BCUT2D eigenvalue weighted by molar-refractivity contribution is 0.149. The highest BCUT2D eigenvalue weighted by Gasteiger charge is 2.23. The molecule has 0 spiro atoms. The summed E-state index contributed by atoms with van der Waals surface area (Å²) in [5.41, 5.74) is 6.88. The molecule has 1 atom stereocenters. The normalized spacial score (nSPS) is 13.8. The second-order valence-corrected chi connectivity index (χ2v) is 6.35. The van der Waals surface area contributed by atoms with E-state index >= 15 is 0 Å². The first kappa shape index (κ1) is 14.9. The lowest BCUT2D eigenvalue weighted by Gasteiger charge is -2.23. The zero-order valence-corrected chi connectivity index (χ0v) is 11.8. The number of methoxy groups -OCH3 is 1. The standard InChI is InChI=1S/C12H20N2O3S/c1-10(8-17-3)14(2)18(15,16)9-11-5-4-6-12(13)7-11/h4-7,10H,8-9,13H2,1-3H3. The lowest BCUT2D eigenvalue weighted by Crippen LogP contribution is -2.38. The Hall–Kier alpha value is -1.11. The first-order valence-electron chi connectivity index (χ1n) is 5.66. The Morgan fingerprint density at radius 3 is 2.67 bits per heavy atom. The van der Waals surface area contributed by atoms with Gasteiger partial charge in [0.1, 0.15) is 0 Å². The summed E-state index contributed by atoms with van der Waals surface area (Å²) < 4.78 is 30.6. The molecule has 0 saturated heterocycles. The van der Waals surface area contributed by atoms with Gasteiger partial charge >= 0.3 is 0 Å². The van der Waals surface area contributed by atoms with Crippen molar-refractivity contribution in [2.75, 3.05) is 26.5 Å². The molecule has 1 aromatic rings. The number of nitrogen functional groups attached to an aromatic ring is 1. The summed E-state index contributed by atoms with van der Waals surface area (Å²) in [4.78, 5) is 0. The number of anilines is 1. The van der Waals surface area contributed by atoms with Crippen molar-refractivity contribution in [1.82, 2.24) is 4.31 Å². The molecule has 0 aliphatic heterocycles. The zero-order valence-electron chi connectivity index (χ0n) is 11.0. The van der Waals surface area contributed by atoms with Crippen LogP contribution in [-0.2, 0) is 20.5 Å². The van der Waals surface area contributed by atoms with E-state index in [-0.39, 0.29) is 11.8 Å². The highest BCUT2D eigenvalue weighted by atomic mass is 32.2. The van der Waals surface area contributed by atoms with Crippen molar-refractivity contribution in [2.24, 2.45) is 0 Å². The highest BCUT2D eigenvalue weighted by Crippen LogP contribution is 2.14. The Bertz CT molecular complexity index is 488. The monoisotopic (exact) mass is 272 g/mol. The van der Waals surface area contributed by atoms with Gasteiger partial charge in [0.2, 0.25) is 10.0 Å². The molecule has 6 heteroatoms. The number of likely N-dealkylation sites (N-methyl/N-ethyl adjacent to an activating group) is 1. The maximum absolute atomic E-state index is 12.2. The van der Waals surface area contributed by atoms with E-state index in [1.165, 1.54) is 4.31 Å². The molecular formula is C12H20N2O3S. The average molecular weight is 272 g/mol. The lowest BCUT2D eigenvalue weighted by atomic mass is 10.2. The van der Waals surface area contributed by atoms with Crippen molar-refractivity contribution in [2.45, 2.75) is 18.7 Å². The number of hydrogen-bond donors (Lipinski definition) is 1. The van der Waals surface area contributed by atoms with Gasteiger partial charge in [0, 0.05) is 25.9 Å². The third kappa shape index (κ3) is 3.97. The van der Waals surface area contributed by atoms with Crippen LogP contribution in [0.3, 0.4) is 0 Å². The number of sulfonamides is 1. The maximum Gasteiger partial charge on any atom is 0.218 e. The van der Waals surface area contributed by atoms with Gasteiger partial charge in [-0.25, -0.2) is 8.42 Å². The molecule has 102 valence electrons. The van der Waals surface area contributed by atoms with Crippen LogP contribution in [0.25, 0.3) is 0 Å². The minimum Gasteiger partial charge on any atom is -0.399 e. The summed E-state index contributed by atoms with van der Waals surface area (Å²) in [7, 11) is -0.242. The fraction of sp³-hybridized carbons (Fsp3) is 0.500. The maximum atomic E-state index is 12.2. The van der Waals surface area contributed by atoms with E-state index in [2.05, 4.69) is 0 Å². The minimum atomic E-state index is -3.35. The fourth-order valence-electron chi connectivity index (χ4n) is 1.62. The average Bonchev–Trinajstić information content (AvgIpc) is 2.27. The molecule has 0 fully saturated rings. The second-order valence-electron chi connectivity index (χ2n) is 4.32. The van der Waals surface area contributed by atoms with Gasteiger partial charge < -0.3 is 10.5 Å². The van der Waals surface area contributed by atoms with Gasteiger partial charge in [-0.3, -0.25) is 0 Å². The Kier molecular flexibility index (Phi) is 5.13. The van der Waals surface area contributed by atoms with Crippen LogP contribution in [0.15, 0.2) is 24.3 Å². The third-order valence-electron chi connectivity index (χ3n) is 2.77. The molecule has 0 aliphatic rings. The van der Waals surface area contributed by atoms with Gasteiger partial charge in [0.15, 0.2) is 0 Å². The molecule has 2 N–H and O–H groups in total. The van der Waals surface area contributed by atoms with E-state index in [1.807, 2.05) is 0 Å². The summed E-state index contributed by atoms with van der Waals surface area (Å²) in [5, 5.41) is 0. The Morgan fingerprint density at radius 1 is 1.44 bits per heavy atom. The predicted molar refractivity (Wildman–Crippen MR) is 72.6 cm³/mol. The SMILES string of the molecule is COCC(C)N(C)S(=O)(=O)Cc1cccc(N)c1. The molecule has 18 heavy (non-hydrogen) atoms. The Labute approximate surface area is 109 Å². The van der Waals surface area contributed by atoms with E-state index < -0.39 is 10.0 Å². The predicted octanol–water partition coefficient (Wildman–Crippen LogP) is 1.07. The van der Waals surface area contributed by atoms with E-state index in [0.717, 1.165) is 0 Å².